The summed E-state index contributed by atoms with van der Waals surface area (Å²) < 4.78 is 27.9. The molecule has 16 bridgehead atoms. The molecule has 0 spiro atoms. The Bertz CT molecular complexity index is 4460. The molecule has 11 aromatic rings. The van der Waals surface area contributed by atoms with Gasteiger partial charge in [-0.2, -0.15) is 0 Å². The van der Waals surface area contributed by atoms with Crippen molar-refractivity contribution in [1.82, 2.24) is 19.9 Å². The number of hydrogen-bond donors (Lipinski definition) is 2. The van der Waals surface area contributed by atoms with Crippen LogP contribution in [0.3, 0.4) is 0 Å². The number of furan rings is 4. The maximum absolute atomic E-state index is 6.97. The molecule has 0 unspecified atom stereocenters. The summed E-state index contributed by atoms with van der Waals surface area (Å²) in [5.41, 5.74) is 34.0. The molecule has 0 fully saturated rings. The van der Waals surface area contributed by atoms with Gasteiger partial charge in [0, 0.05) is 11.1 Å². The molecular formula is C72H62N4O4. The van der Waals surface area contributed by atoms with Gasteiger partial charge in [0.05, 0.1) is 56.0 Å². The fourth-order valence-electron chi connectivity index (χ4n) is 12.9. The average Bonchev–Trinajstić information content (AvgIpc) is 4.31. The van der Waals surface area contributed by atoms with Crippen molar-refractivity contribution in [2.75, 3.05) is 0 Å². The van der Waals surface area contributed by atoms with Crippen molar-refractivity contribution >= 4 is 91.0 Å². The predicted octanol–water partition coefficient (Wildman–Crippen LogP) is 20.3. The third-order valence-electron chi connectivity index (χ3n) is 15.9. The molecule has 0 atom stereocenters. The summed E-state index contributed by atoms with van der Waals surface area (Å²) in [6.07, 6.45) is 8.36. The van der Waals surface area contributed by atoms with E-state index >= 15 is 0 Å². The number of aryl methyl sites for hydroxylation is 12. The molecule has 4 aromatic carbocycles. The number of aromatic amines is 2. The third kappa shape index (κ3) is 8.63. The number of hydrogen-bond acceptors (Lipinski definition) is 6. The monoisotopic (exact) mass is 1050 g/mol. The van der Waals surface area contributed by atoms with Crippen LogP contribution < -0.4 is 0 Å². The normalized spacial score (nSPS) is 12.2. The average molecular weight is 1050 g/mol. The lowest BCUT2D eigenvalue weighted by Gasteiger charge is -2.12. The van der Waals surface area contributed by atoms with Crippen molar-refractivity contribution in [3.8, 4) is 44.5 Å². The van der Waals surface area contributed by atoms with Gasteiger partial charge >= 0.3 is 0 Å². The topological polar surface area (TPSA) is 110 Å². The first-order valence-electron chi connectivity index (χ1n) is 27.4. The van der Waals surface area contributed by atoms with Crippen molar-refractivity contribution in [3.05, 3.63) is 211 Å². The van der Waals surface area contributed by atoms with E-state index in [1.165, 1.54) is 22.3 Å². The summed E-state index contributed by atoms with van der Waals surface area (Å²) in [6.45, 7) is 25.9. The zero-order valence-corrected chi connectivity index (χ0v) is 47.4. The van der Waals surface area contributed by atoms with Crippen LogP contribution in [0.4, 0.5) is 0 Å². The second kappa shape index (κ2) is 19.2. The molecule has 2 N–H and O–H groups in total. The Morgan fingerprint density at radius 2 is 0.463 bits per heavy atom. The quantitative estimate of drug-likeness (QED) is 0.182. The third-order valence-corrected chi connectivity index (χ3v) is 15.9. The minimum atomic E-state index is 0.609. The summed E-state index contributed by atoms with van der Waals surface area (Å²) in [4.78, 5) is 18.4. The van der Waals surface area contributed by atoms with E-state index in [1.807, 2.05) is 36.4 Å². The van der Waals surface area contributed by atoms with Gasteiger partial charge in [0.1, 0.15) is 22.3 Å². The molecule has 394 valence electrons. The zero-order chi connectivity index (χ0) is 55.4. The first-order valence-corrected chi connectivity index (χ1v) is 27.4. The van der Waals surface area contributed by atoms with Crippen LogP contribution in [-0.2, 0) is 0 Å². The maximum atomic E-state index is 6.97. The minimum absolute atomic E-state index is 0.609. The van der Waals surface area contributed by atoms with Crippen LogP contribution in [-0.4, -0.2) is 19.9 Å². The number of H-pyrrole nitrogens is 2. The van der Waals surface area contributed by atoms with Gasteiger partial charge in [-0.05, 0) is 247 Å². The fraction of sp³-hybridized carbons (Fsp3) is 0.167. The minimum Gasteiger partial charge on any atom is -0.453 e. The summed E-state index contributed by atoms with van der Waals surface area (Å²) in [7, 11) is 0. The van der Waals surface area contributed by atoms with E-state index in [1.54, 1.807) is 0 Å². The zero-order valence-electron chi connectivity index (χ0n) is 47.4. The van der Waals surface area contributed by atoms with E-state index in [4.69, 9.17) is 27.6 Å². The van der Waals surface area contributed by atoms with Crippen LogP contribution in [0.1, 0.15) is 89.5 Å². The number of nitrogens with one attached hydrogen (secondary N) is 2. The summed E-state index contributed by atoms with van der Waals surface area (Å²) in [6, 6.07) is 42.5. The largest absolute Gasteiger partial charge is 0.453 e. The van der Waals surface area contributed by atoms with Gasteiger partial charge in [-0.25, -0.2) is 9.97 Å². The Morgan fingerprint density at radius 1 is 0.237 bits per heavy atom. The van der Waals surface area contributed by atoms with Crippen molar-refractivity contribution in [3.63, 3.8) is 0 Å². The lowest BCUT2D eigenvalue weighted by atomic mass is 9.93. The maximum Gasteiger partial charge on any atom is 0.170 e. The van der Waals surface area contributed by atoms with Gasteiger partial charge in [-0.15, -0.1) is 0 Å². The first kappa shape index (κ1) is 50.1. The molecule has 0 amide bonds. The number of rotatable bonds is 4. The van der Waals surface area contributed by atoms with Crippen LogP contribution in [0.5, 0.6) is 0 Å². The molecule has 80 heavy (non-hydrogen) atoms. The Labute approximate surface area is 464 Å². The molecule has 8 heteroatoms. The van der Waals surface area contributed by atoms with Gasteiger partial charge in [-0.1, -0.05) is 70.8 Å². The molecule has 13 rings (SSSR count). The van der Waals surface area contributed by atoms with Crippen LogP contribution in [0.15, 0.2) is 139 Å². The van der Waals surface area contributed by atoms with Crippen LogP contribution in [0.2, 0.25) is 0 Å². The van der Waals surface area contributed by atoms with E-state index in [0.29, 0.717) is 44.7 Å². The smallest absolute Gasteiger partial charge is 0.170 e. The Kier molecular flexibility index (Phi) is 12.0. The van der Waals surface area contributed by atoms with Crippen LogP contribution in [0, 0.1) is 83.1 Å². The Hall–Kier alpha value is -9.40. The molecule has 0 aliphatic carbocycles. The Balaban J connectivity index is 1.16. The van der Waals surface area contributed by atoms with E-state index in [9.17, 15) is 0 Å². The molecule has 0 saturated heterocycles. The summed E-state index contributed by atoms with van der Waals surface area (Å²) in [5, 5.41) is 0. The van der Waals surface area contributed by atoms with Crippen molar-refractivity contribution in [2.45, 2.75) is 83.1 Å². The highest BCUT2D eigenvalue weighted by Gasteiger charge is 2.22. The van der Waals surface area contributed by atoms with Gasteiger partial charge in [0.15, 0.2) is 22.3 Å². The van der Waals surface area contributed by atoms with Gasteiger partial charge < -0.3 is 27.6 Å². The van der Waals surface area contributed by atoms with Gasteiger partial charge in [0.2, 0.25) is 0 Å². The second-order valence-electron chi connectivity index (χ2n) is 22.3. The van der Waals surface area contributed by atoms with Crippen molar-refractivity contribution in [2.24, 2.45) is 0 Å². The lowest BCUT2D eigenvalue weighted by molar-refractivity contribution is 0.630. The van der Waals surface area contributed by atoms with E-state index in [2.05, 4.69) is 202 Å². The predicted molar refractivity (Wildman–Crippen MR) is 332 cm³/mol. The fourth-order valence-corrected chi connectivity index (χ4v) is 12.9. The summed E-state index contributed by atoms with van der Waals surface area (Å²) in [5.74, 6) is 0. The molecule has 9 heterocycles. The molecule has 0 saturated carbocycles. The highest BCUT2D eigenvalue weighted by atomic mass is 16.4. The SMILES string of the molecule is Cc1cc(C)c(-c2c3nc(c4ccc([nH]4)c(-c4c(C)cc(C)cc4C)c4ccc(o4)c4ccc(o4)c(-c4c(C)cc(C)cc4C)c4nc(c5ccc([nH]5)c(-c5c(C)cc(C)cc5C)c5ccc(o5)c5ccc2o5)C=C4)C=C3)c(C)c1. The van der Waals surface area contributed by atoms with E-state index in [-0.39, 0.29) is 0 Å². The van der Waals surface area contributed by atoms with Crippen molar-refractivity contribution in [1.29, 1.82) is 0 Å². The van der Waals surface area contributed by atoms with E-state index < -0.39 is 0 Å². The van der Waals surface area contributed by atoms with Crippen molar-refractivity contribution < 1.29 is 17.7 Å². The summed E-state index contributed by atoms with van der Waals surface area (Å²) >= 11 is 0. The van der Waals surface area contributed by atoms with Gasteiger partial charge in [-0.3, -0.25) is 0 Å². The molecule has 2 aliphatic heterocycles. The number of aromatic nitrogens is 4. The van der Waals surface area contributed by atoms with E-state index in [0.717, 1.165) is 134 Å². The number of fused-ring (bicyclic) bond motifs is 20. The Morgan fingerprint density at radius 3 is 0.750 bits per heavy atom. The number of nitrogens with zero attached hydrogens (tertiary/aromatic N) is 2. The first-order chi connectivity index (χ1) is 38.5. The standard InChI is InChI=1S/C72H62N4O4/c1-37-29-41(5)65(42(6)30-37)69-53-17-13-49(73-53)50-14-18-54(74-50)70(66-43(7)31-38(2)32-44(66)8)63-27-23-59(79-63)60-24-28-64(80-60)72(68-47(11)35-40(4)36-48(68)12)56-20-16-52(76-56)51-15-19-55(75-51)71(67-45(9)33-39(3)34-46(67)10)62-26-22-58(78-62)57-21-25-61(69)77-57/h13-36,73,76H,1-12H3. The highest BCUT2D eigenvalue weighted by Crippen LogP contribution is 2.42. The molecule has 2 aliphatic rings. The van der Waals surface area contributed by atoms with Crippen LogP contribution in [0.25, 0.3) is 136 Å². The van der Waals surface area contributed by atoms with Crippen LogP contribution >= 0.6 is 0 Å². The molecular weight excluding hydrogens is 985 g/mol. The number of benzene rings is 4. The van der Waals surface area contributed by atoms with Gasteiger partial charge in [0.25, 0.3) is 0 Å². The second-order valence-corrected chi connectivity index (χ2v) is 22.3. The molecule has 0 radical (unpaired) electrons. The lowest BCUT2D eigenvalue weighted by Crippen LogP contribution is -1.93. The highest BCUT2D eigenvalue weighted by molar-refractivity contribution is 6.00. The molecule has 8 nitrogen and oxygen atoms in total. The molecule has 7 aromatic heterocycles.